The fraction of sp³-hybridized carbons (Fsp3) is 0.500. The Morgan fingerprint density at radius 1 is 1.89 bits per heavy atom. The molecule has 1 rings (SSSR count). The SMILES string of the molecule is CC[Si](O)c1ncn[nH]1. The zero-order valence-corrected chi connectivity index (χ0v) is 6.13. The third-order valence-electron chi connectivity index (χ3n) is 1.02. The van der Waals surface area contributed by atoms with Crippen LogP contribution >= 0.6 is 0 Å². The van der Waals surface area contributed by atoms with Gasteiger partial charge in [-0.15, -0.1) is 0 Å². The van der Waals surface area contributed by atoms with Crippen LogP contribution in [0.4, 0.5) is 0 Å². The van der Waals surface area contributed by atoms with Crippen molar-refractivity contribution >= 4 is 14.5 Å². The highest BCUT2D eigenvalue weighted by molar-refractivity contribution is 6.64. The Morgan fingerprint density at radius 2 is 2.67 bits per heavy atom. The number of nitrogens with zero attached hydrogens (tertiary/aromatic N) is 2. The summed E-state index contributed by atoms with van der Waals surface area (Å²) in [6.45, 7) is 1.93. The van der Waals surface area contributed by atoms with Crippen LogP contribution in [0.15, 0.2) is 6.33 Å². The Balaban J connectivity index is 2.65. The van der Waals surface area contributed by atoms with Gasteiger partial charge in [0.25, 0.3) is 9.04 Å². The van der Waals surface area contributed by atoms with Gasteiger partial charge in [-0.3, -0.25) is 5.10 Å². The van der Waals surface area contributed by atoms with Crippen molar-refractivity contribution in [3.63, 3.8) is 0 Å². The lowest BCUT2D eigenvalue weighted by molar-refractivity contribution is 0.583. The van der Waals surface area contributed by atoms with Gasteiger partial charge in [0.1, 0.15) is 11.8 Å². The molecule has 0 unspecified atom stereocenters. The van der Waals surface area contributed by atoms with Crippen molar-refractivity contribution in [1.82, 2.24) is 15.2 Å². The summed E-state index contributed by atoms with van der Waals surface area (Å²) in [5.74, 6) is 0. The second-order valence-corrected chi connectivity index (χ2v) is 3.71. The Hall–Kier alpha value is -0.683. The number of hydrogen-bond acceptors (Lipinski definition) is 3. The minimum atomic E-state index is -1.39. The molecule has 0 aliphatic heterocycles. The van der Waals surface area contributed by atoms with Crippen molar-refractivity contribution in [3.8, 4) is 0 Å². The lowest BCUT2D eigenvalue weighted by Crippen LogP contribution is -2.32. The van der Waals surface area contributed by atoms with Gasteiger partial charge in [0.2, 0.25) is 0 Å². The number of H-pyrrole nitrogens is 1. The third-order valence-corrected chi connectivity index (χ3v) is 2.48. The monoisotopic (exact) mass is 142 g/mol. The van der Waals surface area contributed by atoms with E-state index in [-0.39, 0.29) is 0 Å². The average Bonchev–Trinajstić information content (AvgIpc) is 2.37. The quantitative estimate of drug-likeness (QED) is 0.521. The zero-order chi connectivity index (χ0) is 6.69. The van der Waals surface area contributed by atoms with E-state index in [2.05, 4.69) is 15.2 Å². The highest BCUT2D eigenvalue weighted by atomic mass is 28.3. The van der Waals surface area contributed by atoms with E-state index in [1.165, 1.54) is 6.33 Å². The molecular weight excluding hydrogens is 134 g/mol. The first-order valence-electron chi connectivity index (χ1n) is 2.75. The predicted octanol–water partition coefficient (Wildman–Crippen LogP) is -0.985. The topological polar surface area (TPSA) is 61.8 Å². The molecule has 0 saturated heterocycles. The summed E-state index contributed by atoms with van der Waals surface area (Å²) < 4.78 is 0. The fourth-order valence-corrected chi connectivity index (χ4v) is 1.25. The second-order valence-electron chi connectivity index (χ2n) is 1.63. The van der Waals surface area contributed by atoms with E-state index in [0.717, 1.165) is 6.04 Å². The van der Waals surface area contributed by atoms with Gasteiger partial charge in [0, 0.05) is 0 Å². The molecule has 0 amide bonds. The molecule has 0 atom stereocenters. The van der Waals surface area contributed by atoms with Crippen LogP contribution in [-0.2, 0) is 0 Å². The largest absolute Gasteiger partial charge is 0.425 e. The molecule has 0 aliphatic rings. The first kappa shape index (κ1) is 6.44. The Bertz CT molecular complexity index is 164. The van der Waals surface area contributed by atoms with Crippen LogP contribution in [0.2, 0.25) is 6.04 Å². The molecule has 0 aromatic carbocycles. The minimum absolute atomic E-state index is 0.641. The zero-order valence-electron chi connectivity index (χ0n) is 5.13. The van der Waals surface area contributed by atoms with Gasteiger partial charge in [-0.1, -0.05) is 6.92 Å². The third kappa shape index (κ3) is 1.36. The number of rotatable bonds is 2. The predicted molar refractivity (Wildman–Crippen MR) is 34.5 cm³/mol. The summed E-state index contributed by atoms with van der Waals surface area (Å²) in [6, 6.07) is 0.764. The van der Waals surface area contributed by atoms with Gasteiger partial charge >= 0.3 is 0 Å². The summed E-state index contributed by atoms with van der Waals surface area (Å²) in [5, 5.41) is 6.24. The summed E-state index contributed by atoms with van der Waals surface area (Å²) in [5.41, 5.74) is 0.641. The molecule has 0 spiro atoms. The normalized spacial score (nSPS) is 10.6. The summed E-state index contributed by atoms with van der Waals surface area (Å²) >= 11 is 0. The maximum atomic E-state index is 9.19. The molecule has 0 aliphatic carbocycles. The van der Waals surface area contributed by atoms with Crippen molar-refractivity contribution in [2.75, 3.05) is 0 Å². The molecule has 0 fully saturated rings. The van der Waals surface area contributed by atoms with Gasteiger partial charge < -0.3 is 4.80 Å². The highest BCUT2D eigenvalue weighted by Gasteiger charge is 2.10. The molecule has 1 aromatic rings. The molecule has 0 bridgehead atoms. The minimum Gasteiger partial charge on any atom is -0.425 e. The molecule has 2 N–H and O–H groups in total. The Morgan fingerprint density at radius 3 is 3.11 bits per heavy atom. The van der Waals surface area contributed by atoms with E-state index in [1.54, 1.807) is 0 Å². The van der Waals surface area contributed by atoms with E-state index in [1.807, 2.05) is 6.92 Å². The molecule has 49 valence electrons. The maximum Gasteiger partial charge on any atom is 0.288 e. The van der Waals surface area contributed by atoms with E-state index in [9.17, 15) is 4.80 Å². The molecule has 4 nitrogen and oxygen atoms in total. The average molecular weight is 142 g/mol. The smallest absolute Gasteiger partial charge is 0.288 e. The summed E-state index contributed by atoms with van der Waals surface area (Å²) in [6.07, 6.45) is 1.41. The molecule has 0 saturated carbocycles. The van der Waals surface area contributed by atoms with Gasteiger partial charge in [-0.2, -0.15) is 5.10 Å². The van der Waals surface area contributed by atoms with Gasteiger partial charge in [0.05, 0.1) is 0 Å². The molecular formula is C4H8N3OSi. The molecule has 9 heavy (non-hydrogen) atoms. The van der Waals surface area contributed by atoms with Crippen LogP contribution < -0.4 is 5.45 Å². The van der Waals surface area contributed by atoms with E-state index in [4.69, 9.17) is 0 Å². The fourth-order valence-electron chi connectivity index (χ4n) is 0.512. The van der Waals surface area contributed by atoms with Crippen LogP contribution in [0.25, 0.3) is 0 Å². The Kier molecular flexibility index (Phi) is 1.96. The van der Waals surface area contributed by atoms with Crippen LogP contribution in [0.3, 0.4) is 0 Å². The van der Waals surface area contributed by atoms with Gasteiger partial charge in [0.15, 0.2) is 0 Å². The van der Waals surface area contributed by atoms with Crippen LogP contribution in [-0.4, -0.2) is 29.0 Å². The lowest BCUT2D eigenvalue weighted by atomic mass is 11.0. The molecule has 1 aromatic heterocycles. The summed E-state index contributed by atoms with van der Waals surface area (Å²) in [4.78, 5) is 13.0. The van der Waals surface area contributed by atoms with Crippen molar-refractivity contribution in [2.24, 2.45) is 0 Å². The van der Waals surface area contributed by atoms with Gasteiger partial charge in [-0.25, -0.2) is 4.98 Å². The number of nitrogens with one attached hydrogen (secondary N) is 1. The number of aromatic nitrogens is 3. The lowest BCUT2D eigenvalue weighted by Gasteiger charge is -1.95. The molecule has 1 radical (unpaired) electrons. The highest BCUT2D eigenvalue weighted by Crippen LogP contribution is 1.81. The first-order valence-corrected chi connectivity index (χ1v) is 4.40. The Labute approximate surface area is 54.7 Å². The van der Waals surface area contributed by atoms with E-state index < -0.39 is 9.04 Å². The number of hydrogen-bond donors (Lipinski definition) is 2. The van der Waals surface area contributed by atoms with Crippen LogP contribution in [0.1, 0.15) is 6.92 Å². The first-order chi connectivity index (χ1) is 4.34. The molecule has 5 heteroatoms. The number of aromatic amines is 1. The van der Waals surface area contributed by atoms with Crippen molar-refractivity contribution in [1.29, 1.82) is 0 Å². The maximum absolute atomic E-state index is 9.19. The molecule has 1 heterocycles. The van der Waals surface area contributed by atoms with Crippen LogP contribution in [0.5, 0.6) is 0 Å². The van der Waals surface area contributed by atoms with E-state index in [0.29, 0.717) is 5.45 Å². The van der Waals surface area contributed by atoms with Gasteiger partial charge in [-0.05, 0) is 6.04 Å². The van der Waals surface area contributed by atoms with E-state index >= 15 is 0 Å². The second kappa shape index (κ2) is 2.74. The van der Waals surface area contributed by atoms with Crippen molar-refractivity contribution < 1.29 is 4.80 Å². The standard InChI is InChI=1S/C4H8N3OSi/c1-2-9(8)4-5-3-6-7-4/h3,8H,2H2,1H3,(H,5,6,7). The van der Waals surface area contributed by atoms with Crippen molar-refractivity contribution in [3.05, 3.63) is 6.33 Å². The summed E-state index contributed by atoms with van der Waals surface area (Å²) in [7, 11) is -1.39. The van der Waals surface area contributed by atoms with Crippen LogP contribution in [0, 0.1) is 0 Å². The van der Waals surface area contributed by atoms with Crippen molar-refractivity contribution in [2.45, 2.75) is 13.0 Å².